The molecule has 0 saturated heterocycles. The van der Waals surface area contributed by atoms with Crippen LogP contribution in [-0.4, -0.2) is 9.19 Å². The van der Waals surface area contributed by atoms with Crippen LogP contribution in [0, 0.1) is 0 Å². The molecule has 5 heteroatoms. The van der Waals surface area contributed by atoms with E-state index < -0.39 is 0 Å². The summed E-state index contributed by atoms with van der Waals surface area (Å²) < 4.78 is 14.4. The zero-order valence-electron chi connectivity index (χ0n) is 5.87. The second-order valence-corrected chi connectivity index (χ2v) is 3.60. The fourth-order valence-electron chi connectivity index (χ4n) is 1.06. The summed E-state index contributed by atoms with van der Waals surface area (Å²) in [6, 6.07) is 5.64. The quantitative estimate of drug-likeness (QED) is 0.770. The van der Waals surface area contributed by atoms with Crippen molar-refractivity contribution in [1.29, 1.82) is 0 Å². The number of hydrogen-bond donors (Lipinski definition) is 0. The second-order valence-electron chi connectivity index (χ2n) is 2.26. The van der Waals surface area contributed by atoms with Crippen molar-refractivity contribution in [2.24, 2.45) is 0 Å². The molecular formula is C7H4BrFN2S. The first-order chi connectivity index (χ1) is 5.83. The molecular weight excluding hydrogens is 243 g/mol. The van der Waals surface area contributed by atoms with Crippen LogP contribution in [0.5, 0.6) is 0 Å². The van der Waals surface area contributed by atoms with Gasteiger partial charge < -0.3 is 0 Å². The Morgan fingerprint density at radius 3 is 3.08 bits per heavy atom. The normalized spacial score (nSPS) is 10.8. The Kier molecular flexibility index (Phi) is 2.06. The average Bonchev–Trinajstić information content (AvgIpc) is 2.49. The SMILES string of the molecule is FSn1ncc2cccc(Br)c21. The van der Waals surface area contributed by atoms with E-state index in [0.717, 1.165) is 15.4 Å². The van der Waals surface area contributed by atoms with Gasteiger partial charge in [-0.3, -0.25) is 0 Å². The van der Waals surface area contributed by atoms with Gasteiger partial charge in [-0.15, -0.1) is 3.89 Å². The zero-order valence-corrected chi connectivity index (χ0v) is 8.27. The van der Waals surface area contributed by atoms with Crippen LogP contribution in [-0.2, 0) is 0 Å². The Labute approximate surface area is 81.3 Å². The third kappa shape index (κ3) is 1.13. The van der Waals surface area contributed by atoms with Crippen molar-refractivity contribution in [2.75, 3.05) is 0 Å². The standard InChI is InChI=1S/C7H4BrFN2S/c8-6-3-1-2-5-4-10-11(12-9)7(5)6/h1-4H. The van der Waals surface area contributed by atoms with Crippen LogP contribution >= 0.6 is 28.3 Å². The third-order valence-electron chi connectivity index (χ3n) is 1.58. The molecule has 2 nitrogen and oxygen atoms in total. The van der Waals surface area contributed by atoms with Crippen LogP contribution in [0.3, 0.4) is 0 Å². The van der Waals surface area contributed by atoms with E-state index in [9.17, 15) is 3.89 Å². The van der Waals surface area contributed by atoms with Crippen molar-refractivity contribution in [2.45, 2.75) is 0 Å². The van der Waals surface area contributed by atoms with Crippen LogP contribution in [0.1, 0.15) is 0 Å². The molecule has 0 saturated carbocycles. The monoisotopic (exact) mass is 246 g/mol. The summed E-state index contributed by atoms with van der Waals surface area (Å²) in [5, 5.41) is 4.77. The minimum absolute atomic E-state index is 0.0947. The van der Waals surface area contributed by atoms with Gasteiger partial charge in [0.2, 0.25) is 0 Å². The molecule has 0 radical (unpaired) electrons. The molecule has 1 aromatic heterocycles. The second kappa shape index (κ2) is 3.06. The molecule has 1 aromatic carbocycles. The molecule has 0 aliphatic rings. The first-order valence-corrected chi connectivity index (χ1v) is 4.71. The van der Waals surface area contributed by atoms with E-state index in [1.165, 1.54) is 4.09 Å². The maximum Gasteiger partial charge on any atom is 0.188 e. The molecule has 0 aliphatic carbocycles. The lowest BCUT2D eigenvalue weighted by Crippen LogP contribution is -1.84. The average molecular weight is 247 g/mol. The topological polar surface area (TPSA) is 17.8 Å². The summed E-state index contributed by atoms with van der Waals surface area (Å²) in [6.07, 6.45) is 1.63. The molecule has 0 N–H and O–H groups in total. The zero-order chi connectivity index (χ0) is 8.55. The van der Waals surface area contributed by atoms with Gasteiger partial charge in [0.1, 0.15) is 0 Å². The van der Waals surface area contributed by atoms with Crippen LogP contribution in [0.15, 0.2) is 28.9 Å². The fraction of sp³-hybridized carbons (Fsp3) is 0. The molecule has 12 heavy (non-hydrogen) atoms. The number of hydrogen-bond acceptors (Lipinski definition) is 2. The summed E-state index contributed by atoms with van der Waals surface area (Å²) in [4.78, 5) is 0. The lowest BCUT2D eigenvalue weighted by molar-refractivity contribution is 0.888. The van der Waals surface area contributed by atoms with Crippen LogP contribution in [0.25, 0.3) is 10.9 Å². The van der Waals surface area contributed by atoms with E-state index in [4.69, 9.17) is 0 Å². The van der Waals surface area contributed by atoms with Crippen LogP contribution < -0.4 is 0 Å². The highest BCUT2D eigenvalue weighted by atomic mass is 79.9. The molecule has 0 amide bonds. The van der Waals surface area contributed by atoms with Crippen LogP contribution in [0.2, 0.25) is 0 Å². The van der Waals surface area contributed by atoms with E-state index in [-0.39, 0.29) is 12.3 Å². The van der Waals surface area contributed by atoms with Gasteiger partial charge >= 0.3 is 0 Å². The van der Waals surface area contributed by atoms with Crippen molar-refractivity contribution < 1.29 is 3.89 Å². The molecule has 2 aromatic rings. The Balaban J connectivity index is 2.83. The van der Waals surface area contributed by atoms with Gasteiger partial charge in [0.05, 0.1) is 11.7 Å². The van der Waals surface area contributed by atoms with E-state index in [0.29, 0.717) is 0 Å². The highest BCUT2D eigenvalue weighted by molar-refractivity contribution is 9.10. The van der Waals surface area contributed by atoms with Crippen molar-refractivity contribution in [3.8, 4) is 0 Å². The molecule has 0 bridgehead atoms. The number of para-hydroxylation sites is 1. The molecule has 2 rings (SSSR count). The molecule has 0 spiro atoms. The fourth-order valence-corrected chi connectivity index (χ4v) is 2.09. The molecule has 62 valence electrons. The summed E-state index contributed by atoms with van der Waals surface area (Å²) in [6.45, 7) is 0. The summed E-state index contributed by atoms with van der Waals surface area (Å²) >= 11 is 3.42. The third-order valence-corrected chi connectivity index (χ3v) is 2.62. The van der Waals surface area contributed by atoms with Gasteiger partial charge in [0, 0.05) is 9.86 Å². The number of nitrogens with zero attached hydrogens (tertiary/aromatic N) is 2. The van der Waals surface area contributed by atoms with Crippen molar-refractivity contribution in [3.05, 3.63) is 28.9 Å². The Hall–Kier alpha value is -0.550. The van der Waals surface area contributed by atoms with Crippen molar-refractivity contribution >= 4 is 39.2 Å². The predicted molar refractivity (Wildman–Crippen MR) is 51.5 cm³/mol. The Bertz CT molecular complexity index is 415. The molecule has 0 atom stereocenters. The molecule has 0 fully saturated rings. The maximum absolute atomic E-state index is 12.3. The molecule has 1 heterocycles. The number of halogens is 2. The summed E-state index contributed by atoms with van der Waals surface area (Å²) in [7, 11) is 0. The lowest BCUT2D eigenvalue weighted by atomic mass is 10.3. The van der Waals surface area contributed by atoms with E-state index in [1.807, 2.05) is 18.2 Å². The molecule has 0 aliphatic heterocycles. The van der Waals surface area contributed by atoms with Gasteiger partial charge in [-0.1, -0.05) is 12.1 Å². The first-order valence-electron chi connectivity index (χ1n) is 3.24. The van der Waals surface area contributed by atoms with E-state index in [2.05, 4.69) is 21.0 Å². The van der Waals surface area contributed by atoms with Gasteiger partial charge in [-0.05, 0) is 22.0 Å². The van der Waals surface area contributed by atoms with Crippen LogP contribution in [0.4, 0.5) is 3.89 Å². The maximum atomic E-state index is 12.3. The number of benzene rings is 1. The predicted octanol–water partition coefficient (Wildman–Crippen LogP) is 3.18. The minimum Gasteiger partial charge on any atom is -0.175 e. The highest BCUT2D eigenvalue weighted by Gasteiger charge is 2.05. The number of aromatic nitrogens is 2. The summed E-state index contributed by atoms with van der Waals surface area (Å²) in [5.41, 5.74) is 0.769. The minimum atomic E-state index is 0.0947. The Morgan fingerprint density at radius 2 is 2.33 bits per heavy atom. The lowest BCUT2D eigenvalue weighted by Gasteiger charge is -1.95. The van der Waals surface area contributed by atoms with E-state index in [1.54, 1.807) is 6.20 Å². The number of fused-ring (bicyclic) bond motifs is 1. The van der Waals surface area contributed by atoms with Crippen molar-refractivity contribution in [1.82, 2.24) is 9.19 Å². The van der Waals surface area contributed by atoms with Gasteiger partial charge in [-0.2, -0.15) is 9.19 Å². The Morgan fingerprint density at radius 1 is 1.50 bits per heavy atom. The van der Waals surface area contributed by atoms with Gasteiger partial charge in [-0.25, -0.2) is 0 Å². The largest absolute Gasteiger partial charge is 0.188 e. The highest BCUT2D eigenvalue weighted by Crippen LogP contribution is 2.26. The van der Waals surface area contributed by atoms with Gasteiger partial charge in [0.15, 0.2) is 12.3 Å². The number of rotatable bonds is 1. The van der Waals surface area contributed by atoms with Crippen molar-refractivity contribution in [3.63, 3.8) is 0 Å². The smallest absolute Gasteiger partial charge is 0.175 e. The van der Waals surface area contributed by atoms with Gasteiger partial charge in [0.25, 0.3) is 0 Å². The van der Waals surface area contributed by atoms with E-state index >= 15 is 0 Å². The summed E-state index contributed by atoms with van der Waals surface area (Å²) in [5.74, 6) is 0. The first kappa shape index (κ1) is 8.07. The molecule has 0 unspecified atom stereocenters.